The van der Waals surface area contributed by atoms with E-state index in [2.05, 4.69) is 26.1 Å². The first-order valence-corrected chi connectivity index (χ1v) is 8.85. The van der Waals surface area contributed by atoms with E-state index >= 15 is 0 Å². The van der Waals surface area contributed by atoms with Crippen LogP contribution < -0.4 is 5.55 Å². The van der Waals surface area contributed by atoms with Crippen molar-refractivity contribution in [3.8, 4) is 21.8 Å². The van der Waals surface area contributed by atoms with Crippen LogP contribution in [0.4, 0.5) is 0 Å². The Morgan fingerprint density at radius 2 is 1.92 bits per heavy atom. The fourth-order valence-corrected chi connectivity index (χ4v) is 3.68. The lowest BCUT2D eigenvalue weighted by molar-refractivity contribution is 0.277. The monoisotopic (exact) mass is 398 g/mol. The highest BCUT2D eigenvalue weighted by molar-refractivity contribution is 9.10. The van der Waals surface area contributed by atoms with Crippen molar-refractivity contribution in [2.45, 2.75) is 0 Å². The number of hydrogen-bond donors (Lipinski definition) is 1. The third-order valence-electron chi connectivity index (χ3n) is 3.60. The van der Waals surface area contributed by atoms with Gasteiger partial charge < -0.3 is 9.62 Å². The minimum absolute atomic E-state index is 0.152. The second kappa shape index (κ2) is 6.22. The normalized spacial score (nSPS) is 12.0. The lowest BCUT2D eigenvalue weighted by Gasteiger charge is -2.02. The molecule has 6 heteroatoms. The highest BCUT2D eigenvalue weighted by atomic mass is 79.9. The van der Waals surface area contributed by atoms with Gasteiger partial charge >= 0.3 is 0 Å². The summed E-state index contributed by atoms with van der Waals surface area (Å²) in [6.07, 6.45) is 0. The summed E-state index contributed by atoms with van der Waals surface area (Å²) in [6.45, 7) is 0. The topological polar surface area (TPSA) is 58.6 Å². The average Bonchev–Trinajstić information content (AvgIpc) is 3.11. The second-order valence-corrected chi connectivity index (χ2v) is 6.93. The molecule has 2 heterocycles. The van der Waals surface area contributed by atoms with Gasteiger partial charge in [-0.2, -0.15) is 0 Å². The van der Waals surface area contributed by atoms with Gasteiger partial charge in [-0.1, -0.05) is 46.3 Å². The van der Waals surface area contributed by atoms with E-state index in [0.29, 0.717) is 11.1 Å². The lowest BCUT2D eigenvalue weighted by atomic mass is 10.1. The summed E-state index contributed by atoms with van der Waals surface area (Å²) < 4.78 is 6.65. The van der Waals surface area contributed by atoms with Crippen LogP contribution in [0.25, 0.3) is 32.8 Å². The van der Waals surface area contributed by atoms with Crippen LogP contribution in [-0.2, 0) is 0 Å². The predicted molar refractivity (Wildman–Crippen MR) is 97.8 cm³/mol. The molecule has 0 aliphatic heterocycles. The van der Waals surface area contributed by atoms with E-state index in [-0.39, 0.29) is 5.55 Å². The van der Waals surface area contributed by atoms with E-state index in [1.165, 1.54) is 11.3 Å². The summed E-state index contributed by atoms with van der Waals surface area (Å²) in [4.78, 5) is 4.66. The standard InChI is InChI=1S/C18H11BrN2O2S/c19-13-6-7-16-12(8-13)9-14(17(21-22)23-16)18-20-15(10-24-18)11-4-2-1-3-5-11/h1-10,22H. The minimum Gasteiger partial charge on any atom is -0.435 e. The zero-order chi connectivity index (χ0) is 16.5. The number of hydrogen-bond acceptors (Lipinski definition) is 5. The molecule has 118 valence electrons. The van der Waals surface area contributed by atoms with Crippen molar-refractivity contribution in [2.75, 3.05) is 0 Å². The number of aromatic nitrogens is 1. The van der Waals surface area contributed by atoms with Gasteiger partial charge in [-0.05, 0) is 29.4 Å². The molecule has 24 heavy (non-hydrogen) atoms. The predicted octanol–water partition coefficient (Wildman–Crippen LogP) is 5.28. The summed E-state index contributed by atoms with van der Waals surface area (Å²) in [6, 6.07) is 17.5. The van der Waals surface area contributed by atoms with Crippen molar-refractivity contribution in [1.82, 2.24) is 4.98 Å². The van der Waals surface area contributed by atoms with Crippen LogP contribution in [0.3, 0.4) is 0 Å². The van der Waals surface area contributed by atoms with Crippen LogP contribution >= 0.6 is 27.3 Å². The van der Waals surface area contributed by atoms with Crippen molar-refractivity contribution < 1.29 is 9.62 Å². The number of halogens is 1. The highest BCUT2D eigenvalue weighted by Crippen LogP contribution is 2.29. The number of fused-ring (bicyclic) bond motifs is 1. The SMILES string of the molecule is ON=c1oc2ccc(Br)cc2cc1-c1nc(-c2ccccc2)cs1. The number of rotatable bonds is 2. The van der Waals surface area contributed by atoms with Gasteiger partial charge in [-0.15, -0.1) is 11.3 Å². The molecule has 0 spiro atoms. The van der Waals surface area contributed by atoms with Crippen LogP contribution in [0.15, 0.2) is 74.0 Å². The largest absolute Gasteiger partial charge is 0.435 e. The zero-order valence-corrected chi connectivity index (χ0v) is 14.7. The van der Waals surface area contributed by atoms with Crippen LogP contribution in [-0.4, -0.2) is 10.2 Å². The molecule has 0 radical (unpaired) electrons. The zero-order valence-electron chi connectivity index (χ0n) is 12.3. The molecular weight excluding hydrogens is 388 g/mol. The van der Waals surface area contributed by atoms with Gasteiger partial charge in [0, 0.05) is 20.8 Å². The van der Waals surface area contributed by atoms with Gasteiger partial charge in [0.15, 0.2) is 0 Å². The molecule has 0 saturated heterocycles. The van der Waals surface area contributed by atoms with Gasteiger partial charge in [0.25, 0.3) is 5.55 Å². The molecule has 0 bridgehead atoms. The molecule has 4 aromatic rings. The molecule has 4 nitrogen and oxygen atoms in total. The molecule has 0 atom stereocenters. The quantitative estimate of drug-likeness (QED) is 0.369. The van der Waals surface area contributed by atoms with Gasteiger partial charge in [0.2, 0.25) is 0 Å². The van der Waals surface area contributed by atoms with E-state index in [9.17, 15) is 5.21 Å². The maximum absolute atomic E-state index is 9.32. The summed E-state index contributed by atoms with van der Waals surface area (Å²) in [5.41, 5.74) is 3.39. The molecule has 2 aromatic heterocycles. The summed E-state index contributed by atoms with van der Waals surface area (Å²) in [5.74, 6) is 0. The van der Waals surface area contributed by atoms with Crippen molar-refractivity contribution in [2.24, 2.45) is 5.16 Å². The Hall–Kier alpha value is -2.44. The molecular formula is C18H11BrN2O2S. The van der Waals surface area contributed by atoms with Gasteiger partial charge in [0.05, 0.1) is 11.3 Å². The smallest absolute Gasteiger partial charge is 0.265 e. The lowest BCUT2D eigenvalue weighted by Crippen LogP contribution is -2.05. The average molecular weight is 399 g/mol. The molecule has 4 rings (SSSR count). The van der Waals surface area contributed by atoms with Crippen molar-refractivity contribution in [3.05, 3.63) is 70.0 Å². The van der Waals surface area contributed by atoms with Crippen molar-refractivity contribution >= 4 is 38.2 Å². The first-order chi connectivity index (χ1) is 11.7. The van der Waals surface area contributed by atoms with Gasteiger partial charge in [-0.25, -0.2) is 4.98 Å². The maximum atomic E-state index is 9.32. The summed E-state index contributed by atoms with van der Waals surface area (Å²) in [7, 11) is 0. The fourth-order valence-electron chi connectivity index (χ4n) is 2.47. The summed E-state index contributed by atoms with van der Waals surface area (Å²) in [5, 5.41) is 16.2. The maximum Gasteiger partial charge on any atom is 0.265 e. The number of benzene rings is 2. The van der Waals surface area contributed by atoms with Crippen molar-refractivity contribution in [1.29, 1.82) is 0 Å². The number of nitrogens with zero attached hydrogens (tertiary/aromatic N) is 2. The minimum atomic E-state index is 0.152. The molecule has 0 aliphatic carbocycles. The fraction of sp³-hybridized carbons (Fsp3) is 0. The second-order valence-electron chi connectivity index (χ2n) is 5.15. The Kier molecular flexibility index (Phi) is 3.92. The van der Waals surface area contributed by atoms with Gasteiger partial charge in [-0.3, -0.25) is 0 Å². The number of thiazole rings is 1. The Balaban J connectivity index is 1.89. The van der Waals surface area contributed by atoms with Crippen LogP contribution in [0.1, 0.15) is 0 Å². The first kappa shape index (κ1) is 15.1. The molecule has 2 aromatic carbocycles. The Morgan fingerprint density at radius 1 is 1.08 bits per heavy atom. The molecule has 0 saturated carbocycles. The molecule has 0 unspecified atom stereocenters. The molecule has 0 fully saturated rings. The van der Waals surface area contributed by atoms with Crippen LogP contribution in [0.2, 0.25) is 0 Å². The molecule has 0 aliphatic rings. The van der Waals surface area contributed by atoms with E-state index < -0.39 is 0 Å². The molecule has 1 N–H and O–H groups in total. The third-order valence-corrected chi connectivity index (χ3v) is 4.97. The van der Waals surface area contributed by atoms with Crippen LogP contribution in [0.5, 0.6) is 0 Å². The highest BCUT2D eigenvalue weighted by Gasteiger charge is 2.12. The van der Waals surface area contributed by atoms with Gasteiger partial charge in [0.1, 0.15) is 10.6 Å². The Morgan fingerprint density at radius 3 is 2.71 bits per heavy atom. The summed E-state index contributed by atoms with van der Waals surface area (Å²) >= 11 is 4.94. The van der Waals surface area contributed by atoms with E-state index in [1.807, 2.05) is 60.0 Å². The third kappa shape index (κ3) is 2.74. The van der Waals surface area contributed by atoms with E-state index in [0.717, 1.165) is 26.1 Å². The van der Waals surface area contributed by atoms with E-state index in [1.54, 1.807) is 0 Å². The Labute approximate surface area is 149 Å². The van der Waals surface area contributed by atoms with Crippen LogP contribution in [0, 0.1) is 0 Å². The van der Waals surface area contributed by atoms with E-state index in [4.69, 9.17) is 4.42 Å². The Bertz CT molecular complexity index is 1090. The molecule has 0 amide bonds. The first-order valence-electron chi connectivity index (χ1n) is 7.17. The van der Waals surface area contributed by atoms with Crippen molar-refractivity contribution in [3.63, 3.8) is 0 Å².